The number of nitrogens with zero attached hydrogens (tertiary/aromatic N) is 2. The lowest BCUT2D eigenvalue weighted by atomic mass is 9.80. The third-order valence-electron chi connectivity index (χ3n) is 4.29. The van der Waals surface area contributed by atoms with Crippen molar-refractivity contribution >= 4 is 6.29 Å². The minimum atomic E-state index is 0.270. The smallest absolute Gasteiger partial charge is 0.123 e. The fraction of sp³-hybridized carbons (Fsp3) is 0.733. The lowest BCUT2D eigenvalue weighted by molar-refractivity contribution is -0.111. The summed E-state index contributed by atoms with van der Waals surface area (Å²) in [7, 11) is 4.11. The largest absolute Gasteiger partial charge is 0.318 e. The van der Waals surface area contributed by atoms with Crippen molar-refractivity contribution < 1.29 is 4.79 Å². The Labute approximate surface area is 121 Å². The fourth-order valence-corrected chi connectivity index (χ4v) is 3.01. The number of hydrogen-bond acceptors (Lipinski definition) is 4. The summed E-state index contributed by atoms with van der Waals surface area (Å²) in [5.41, 5.74) is 2.52. The zero-order valence-corrected chi connectivity index (χ0v) is 12.6. The highest BCUT2D eigenvalue weighted by molar-refractivity contribution is 5.53. The number of aromatic nitrogens is 2. The summed E-state index contributed by atoms with van der Waals surface area (Å²) in [6.45, 7) is 2.95. The number of carbonyl (C=O) groups excluding carboxylic acids is 1. The molecule has 1 aromatic heterocycles. The van der Waals surface area contributed by atoms with E-state index >= 15 is 0 Å². The molecule has 0 aliphatic heterocycles. The van der Waals surface area contributed by atoms with Gasteiger partial charge in [0.15, 0.2) is 0 Å². The second-order valence-corrected chi connectivity index (χ2v) is 5.88. The second-order valence-electron chi connectivity index (χ2n) is 5.88. The highest BCUT2D eigenvalue weighted by Gasteiger charge is 2.25. The summed E-state index contributed by atoms with van der Waals surface area (Å²) in [6.07, 6.45) is 7.33. The van der Waals surface area contributed by atoms with Crippen molar-refractivity contribution in [1.29, 1.82) is 0 Å². The topological polar surface area (TPSA) is 61.0 Å². The molecule has 1 aromatic rings. The van der Waals surface area contributed by atoms with Gasteiger partial charge in [-0.05, 0) is 39.8 Å². The zero-order valence-electron chi connectivity index (χ0n) is 12.6. The molecule has 0 spiro atoms. The van der Waals surface area contributed by atoms with Crippen LogP contribution >= 0.6 is 0 Å². The maximum absolute atomic E-state index is 10.8. The first-order chi connectivity index (χ1) is 9.74. The quantitative estimate of drug-likeness (QED) is 0.743. The molecular weight excluding hydrogens is 252 g/mol. The van der Waals surface area contributed by atoms with Gasteiger partial charge in [-0.15, -0.1) is 0 Å². The molecule has 2 rings (SSSR count). The molecule has 1 saturated carbocycles. The first kappa shape index (κ1) is 15.2. The highest BCUT2D eigenvalue weighted by Crippen LogP contribution is 2.35. The summed E-state index contributed by atoms with van der Waals surface area (Å²) in [6, 6.07) is 0. The van der Waals surface area contributed by atoms with E-state index in [4.69, 9.17) is 0 Å². The summed E-state index contributed by atoms with van der Waals surface area (Å²) < 4.78 is 0. The SMILES string of the molecule is CNCCN(C)Cc1c[nH]nc1[C@H]1CC[C@@H](C=O)CC1. The van der Waals surface area contributed by atoms with Crippen LogP contribution in [0.25, 0.3) is 0 Å². The van der Waals surface area contributed by atoms with E-state index in [1.165, 1.54) is 11.3 Å². The van der Waals surface area contributed by atoms with Crippen molar-refractivity contribution in [2.45, 2.75) is 38.1 Å². The molecule has 1 heterocycles. The van der Waals surface area contributed by atoms with Crippen molar-refractivity contribution in [3.05, 3.63) is 17.5 Å². The molecule has 0 bridgehead atoms. The molecule has 1 aliphatic rings. The predicted molar refractivity (Wildman–Crippen MR) is 79.6 cm³/mol. The monoisotopic (exact) mass is 278 g/mol. The van der Waals surface area contributed by atoms with Gasteiger partial charge in [-0.2, -0.15) is 5.10 Å². The van der Waals surface area contributed by atoms with E-state index in [0.29, 0.717) is 5.92 Å². The first-order valence-electron chi connectivity index (χ1n) is 7.55. The van der Waals surface area contributed by atoms with Crippen LogP contribution < -0.4 is 5.32 Å². The standard InChI is InChI=1S/C15H26N4O/c1-16-7-8-19(2)10-14-9-17-18-15(14)13-5-3-12(11-20)4-6-13/h9,11-13,16H,3-8,10H2,1-2H3,(H,17,18)/t12-,13+. The number of H-pyrrole nitrogens is 1. The van der Waals surface area contributed by atoms with Crippen LogP contribution in [0.4, 0.5) is 0 Å². The van der Waals surface area contributed by atoms with Crippen LogP contribution in [0.2, 0.25) is 0 Å². The number of carbonyl (C=O) groups is 1. The lowest BCUT2D eigenvalue weighted by Crippen LogP contribution is -2.27. The average molecular weight is 278 g/mol. The van der Waals surface area contributed by atoms with Gasteiger partial charge < -0.3 is 15.0 Å². The summed E-state index contributed by atoms with van der Waals surface area (Å²) in [4.78, 5) is 13.1. The molecular formula is C15H26N4O. The highest BCUT2D eigenvalue weighted by atomic mass is 16.1. The van der Waals surface area contributed by atoms with Crippen molar-refractivity contribution in [3.8, 4) is 0 Å². The Kier molecular flexibility index (Phi) is 5.73. The van der Waals surface area contributed by atoms with Crippen LogP contribution in [0.15, 0.2) is 6.20 Å². The molecule has 1 fully saturated rings. The van der Waals surface area contributed by atoms with Crippen LogP contribution in [0.3, 0.4) is 0 Å². The second kappa shape index (κ2) is 7.55. The van der Waals surface area contributed by atoms with Crippen LogP contribution in [-0.2, 0) is 11.3 Å². The number of rotatable bonds is 7. The van der Waals surface area contributed by atoms with Crippen LogP contribution in [-0.4, -0.2) is 48.6 Å². The van der Waals surface area contributed by atoms with Gasteiger partial charge in [0.25, 0.3) is 0 Å². The predicted octanol–water partition coefficient (Wildman–Crippen LogP) is 1.53. The minimum absolute atomic E-state index is 0.270. The van der Waals surface area contributed by atoms with Crippen LogP contribution in [0.1, 0.15) is 42.9 Å². The number of likely N-dealkylation sites (N-methyl/N-ethyl adjacent to an activating group) is 2. The third-order valence-corrected chi connectivity index (χ3v) is 4.29. The summed E-state index contributed by atoms with van der Waals surface area (Å²) >= 11 is 0. The third kappa shape index (κ3) is 3.90. The van der Waals surface area contributed by atoms with Gasteiger partial charge in [-0.3, -0.25) is 5.10 Å². The Morgan fingerprint density at radius 3 is 2.85 bits per heavy atom. The van der Waals surface area contributed by atoms with Gasteiger partial charge in [0.2, 0.25) is 0 Å². The van der Waals surface area contributed by atoms with E-state index in [0.717, 1.165) is 51.6 Å². The average Bonchev–Trinajstić information content (AvgIpc) is 2.93. The van der Waals surface area contributed by atoms with Gasteiger partial charge in [-0.1, -0.05) is 0 Å². The van der Waals surface area contributed by atoms with Gasteiger partial charge in [0, 0.05) is 43.2 Å². The number of nitrogens with one attached hydrogen (secondary N) is 2. The summed E-state index contributed by atoms with van der Waals surface area (Å²) in [5.74, 6) is 0.789. The van der Waals surface area contributed by atoms with Crippen molar-refractivity contribution in [2.24, 2.45) is 5.92 Å². The minimum Gasteiger partial charge on any atom is -0.318 e. The van der Waals surface area contributed by atoms with E-state index in [2.05, 4.69) is 27.5 Å². The zero-order chi connectivity index (χ0) is 14.4. The number of aldehydes is 1. The molecule has 0 amide bonds. The Hall–Kier alpha value is -1.20. The molecule has 0 saturated heterocycles. The van der Waals surface area contributed by atoms with Crippen molar-refractivity contribution in [1.82, 2.24) is 20.4 Å². The molecule has 5 heteroatoms. The van der Waals surface area contributed by atoms with Crippen molar-refractivity contribution in [3.63, 3.8) is 0 Å². The number of hydrogen-bond donors (Lipinski definition) is 2. The van der Waals surface area contributed by atoms with E-state index in [-0.39, 0.29) is 5.92 Å². The maximum atomic E-state index is 10.8. The molecule has 5 nitrogen and oxygen atoms in total. The van der Waals surface area contributed by atoms with Gasteiger partial charge in [0.1, 0.15) is 6.29 Å². The first-order valence-corrected chi connectivity index (χ1v) is 7.55. The lowest BCUT2D eigenvalue weighted by Gasteiger charge is -2.25. The van der Waals surface area contributed by atoms with E-state index in [9.17, 15) is 4.79 Å². The van der Waals surface area contributed by atoms with E-state index in [1.54, 1.807) is 0 Å². The maximum Gasteiger partial charge on any atom is 0.123 e. The van der Waals surface area contributed by atoms with Gasteiger partial charge in [0.05, 0.1) is 5.69 Å². The Morgan fingerprint density at radius 1 is 1.45 bits per heavy atom. The molecule has 0 radical (unpaired) electrons. The Balaban J connectivity index is 1.93. The number of aromatic amines is 1. The van der Waals surface area contributed by atoms with E-state index < -0.39 is 0 Å². The molecule has 2 N–H and O–H groups in total. The molecule has 112 valence electrons. The van der Waals surface area contributed by atoms with Crippen molar-refractivity contribution in [2.75, 3.05) is 27.2 Å². The van der Waals surface area contributed by atoms with E-state index in [1.807, 2.05) is 13.2 Å². The normalized spacial score (nSPS) is 23.1. The van der Waals surface area contributed by atoms with Crippen LogP contribution in [0.5, 0.6) is 0 Å². The Bertz CT molecular complexity index is 410. The molecule has 0 aromatic carbocycles. The fourth-order valence-electron chi connectivity index (χ4n) is 3.01. The Morgan fingerprint density at radius 2 is 2.20 bits per heavy atom. The molecule has 0 unspecified atom stereocenters. The molecule has 20 heavy (non-hydrogen) atoms. The van der Waals surface area contributed by atoms with Gasteiger partial charge >= 0.3 is 0 Å². The van der Waals surface area contributed by atoms with Gasteiger partial charge in [-0.25, -0.2) is 0 Å². The molecule has 0 atom stereocenters. The summed E-state index contributed by atoms with van der Waals surface area (Å²) in [5, 5.41) is 10.7. The van der Waals surface area contributed by atoms with Crippen LogP contribution in [0, 0.1) is 5.92 Å². The molecule has 1 aliphatic carbocycles.